The largest absolute Gasteiger partial charge is 0.310 e. The van der Waals surface area contributed by atoms with E-state index in [2.05, 4.69) is 12.2 Å². The minimum absolute atomic E-state index is 0.0983. The summed E-state index contributed by atoms with van der Waals surface area (Å²) in [7, 11) is -3.34. The molecule has 2 fully saturated rings. The molecule has 1 heterocycles. The number of benzene rings is 1. The molecule has 1 aromatic rings. The minimum atomic E-state index is -3.34. The van der Waals surface area contributed by atoms with E-state index in [0.717, 1.165) is 18.5 Å². The van der Waals surface area contributed by atoms with Gasteiger partial charge in [-0.2, -0.15) is 4.31 Å². The standard InChI is InChI=1S/C16H24N2O2S/c1-12-9-13(2)18(11-12)21(19,20)16-7-3-14(4-8-16)10-17-15-5-6-15/h3-4,7-8,12-13,15,17H,5-6,9-11H2,1-2H3. The van der Waals surface area contributed by atoms with Crippen LogP contribution in [0.2, 0.25) is 0 Å². The number of rotatable bonds is 5. The highest BCUT2D eigenvalue weighted by Crippen LogP contribution is 2.29. The van der Waals surface area contributed by atoms with Crippen LogP contribution >= 0.6 is 0 Å². The quantitative estimate of drug-likeness (QED) is 0.908. The van der Waals surface area contributed by atoms with Crippen molar-refractivity contribution in [1.82, 2.24) is 9.62 Å². The van der Waals surface area contributed by atoms with Gasteiger partial charge in [0.05, 0.1) is 4.90 Å². The van der Waals surface area contributed by atoms with Gasteiger partial charge in [0.15, 0.2) is 0 Å². The maximum Gasteiger partial charge on any atom is 0.243 e. The Labute approximate surface area is 127 Å². The molecular formula is C16H24N2O2S. The van der Waals surface area contributed by atoms with Gasteiger partial charge in [0.1, 0.15) is 0 Å². The molecule has 0 radical (unpaired) electrons. The van der Waals surface area contributed by atoms with Gasteiger partial charge in [0.25, 0.3) is 0 Å². The third-order valence-electron chi connectivity index (χ3n) is 4.43. The highest BCUT2D eigenvalue weighted by Gasteiger charge is 2.35. The van der Waals surface area contributed by atoms with Gasteiger partial charge in [-0.1, -0.05) is 19.1 Å². The van der Waals surface area contributed by atoms with E-state index in [0.29, 0.717) is 23.4 Å². The van der Waals surface area contributed by atoms with Gasteiger partial charge in [-0.05, 0) is 49.8 Å². The second kappa shape index (κ2) is 5.71. The van der Waals surface area contributed by atoms with Crippen molar-refractivity contribution >= 4 is 10.0 Å². The number of hydrogen-bond donors (Lipinski definition) is 1. The maximum atomic E-state index is 12.7. The Hall–Kier alpha value is -0.910. The first-order chi connectivity index (χ1) is 9.96. The van der Waals surface area contributed by atoms with Crippen LogP contribution in [-0.2, 0) is 16.6 Å². The van der Waals surface area contributed by atoms with Crippen LogP contribution in [-0.4, -0.2) is 31.4 Å². The maximum absolute atomic E-state index is 12.7. The summed E-state index contributed by atoms with van der Waals surface area (Å²) in [5.41, 5.74) is 1.14. The van der Waals surface area contributed by atoms with E-state index in [4.69, 9.17) is 0 Å². The van der Waals surface area contributed by atoms with E-state index < -0.39 is 10.0 Å². The van der Waals surface area contributed by atoms with Gasteiger partial charge in [-0.25, -0.2) is 8.42 Å². The highest BCUT2D eigenvalue weighted by atomic mass is 32.2. The van der Waals surface area contributed by atoms with Crippen molar-refractivity contribution in [1.29, 1.82) is 0 Å². The number of hydrogen-bond acceptors (Lipinski definition) is 3. The monoisotopic (exact) mass is 308 g/mol. The zero-order chi connectivity index (χ0) is 15.0. The predicted molar refractivity (Wildman–Crippen MR) is 83.4 cm³/mol. The SMILES string of the molecule is CC1CC(C)N(S(=O)(=O)c2ccc(CNC3CC3)cc2)C1. The molecule has 116 valence electrons. The van der Waals surface area contributed by atoms with E-state index in [1.165, 1.54) is 12.8 Å². The fourth-order valence-electron chi connectivity index (χ4n) is 3.06. The second-order valence-electron chi connectivity index (χ2n) is 6.56. The zero-order valence-corrected chi connectivity index (χ0v) is 13.6. The van der Waals surface area contributed by atoms with Crippen molar-refractivity contribution in [2.75, 3.05) is 6.54 Å². The molecule has 4 nitrogen and oxygen atoms in total. The van der Waals surface area contributed by atoms with Crippen LogP contribution in [0.5, 0.6) is 0 Å². The molecule has 1 saturated heterocycles. The summed E-state index contributed by atoms with van der Waals surface area (Å²) in [5.74, 6) is 0.441. The normalized spacial score (nSPS) is 27.1. The van der Waals surface area contributed by atoms with Gasteiger partial charge in [-0.15, -0.1) is 0 Å². The van der Waals surface area contributed by atoms with Gasteiger partial charge in [-0.3, -0.25) is 0 Å². The third-order valence-corrected chi connectivity index (χ3v) is 6.42. The predicted octanol–water partition coefficient (Wildman–Crippen LogP) is 2.36. The van der Waals surface area contributed by atoms with Gasteiger partial charge >= 0.3 is 0 Å². The van der Waals surface area contributed by atoms with Crippen molar-refractivity contribution in [2.24, 2.45) is 5.92 Å². The molecule has 2 unspecified atom stereocenters. The number of nitrogens with zero attached hydrogens (tertiary/aromatic N) is 1. The fraction of sp³-hybridized carbons (Fsp3) is 0.625. The second-order valence-corrected chi connectivity index (χ2v) is 8.45. The first-order valence-electron chi connectivity index (χ1n) is 7.81. The molecule has 2 aliphatic rings. The molecular weight excluding hydrogens is 284 g/mol. The Morgan fingerprint density at radius 2 is 1.86 bits per heavy atom. The number of sulfonamides is 1. The lowest BCUT2D eigenvalue weighted by atomic mass is 10.1. The van der Waals surface area contributed by atoms with Gasteiger partial charge < -0.3 is 5.32 Å². The van der Waals surface area contributed by atoms with Gasteiger partial charge in [0, 0.05) is 25.2 Å². The summed E-state index contributed by atoms with van der Waals surface area (Å²) in [4.78, 5) is 0.415. The Bertz CT molecular complexity index is 593. The van der Waals surface area contributed by atoms with Crippen LogP contribution in [0.3, 0.4) is 0 Å². The topological polar surface area (TPSA) is 49.4 Å². The Kier molecular flexibility index (Phi) is 4.08. The summed E-state index contributed by atoms with van der Waals surface area (Å²) in [5, 5.41) is 3.44. The van der Waals surface area contributed by atoms with Crippen LogP contribution in [0.4, 0.5) is 0 Å². The average molecular weight is 308 g/mol. The summed E-state index contributed by atoms with van der Waals surface area (Å²) >= 11 is 0. The summed E-state index contributed by atoms with van der Waals surface area (Å²) < 4.78 is 27.0. The molecule has 0 bridgehead atoms. The molecule has 3 rings (SSSR count). The molecule has 21 heavy (non-hydrogen) atoms. The molecule has 1 aliphatic heterocycles. The lowest BCUT2D eigenvalue weighted by Gasteiger charge is -2.21. The average Bonchev–Trinajstić information content (AvgIpc) is 3.21. The first-order valence-corrected chi connectivity index (χ1v) is 9.25. The lowest BCUT2D eigenvalue weighted by molar-refractivity contribution is 0.405. The van der Waals surface area contributed by atoms with Crippen LogP contribution in [0.15, 0.2) is 29.2 Å². The van der Waals surface area contributed by atoms with E-state index >= 15 is 0 Å². The van der Waals surface area contributed by atoms with Crippen molar-refractivity contribution < 1.29 is 8.42 Å². The van der Waals surface area contributed by atoms with E-state index in [9.17, 15) is 8.42 Å². The van der Waals surface area contributed by atoms with Crippen LogP contribution < -0.4 is 5.32 Å². The molecule has 0 aromatic heterocycles. The lowest BCUT2D eigenvalue weighted by Crippen LogP contribution is -2.34. The molecule has 1 N–H and O–H groups in total. The minimum Gasteiger partial charge on any atom is -0.310 e. The van der Waals surface area contributed by atoms with Crippen molar-refractivity contribution in [3.63, 3.8) is 0 Å². The van der Waals surface area contributed by atoms with Crippen LogP contribution in [0.1, 0.15) is 38.7 Å². The molecule has 5 heteroatoms. The third kappa shape index (κ3) is 3.30. The zero-order valence-electron chi connectivity index (χ0n) is 12.7. The fourth-order valence-corrected chi connectivity index (χ4v) is 4.82. The van der Waals surface area contributed by atoms with Gasteiger partial charge in [0.2, 0.25) is 10.0 Å². The van der Waals surface area contributed by atoms with E-state index in [-0.39, 0.29) is 6.04 Å². The van der Waals surface area contributed by atoms with E-state index in [1.54, 1.807) is 16.4 Å². The summed E-state index contributed by atoms with van der Waals surface area (Å²) in [6.07, 6.45) is 3.47. The van der Waals surface area contributed by atoms with Crippen molar-refractivity contribution in [3.8, 4) is 0 Å². The van der Waals surface area contributed by atoms with Crippen LogP contribution in [0, 0.1) is 5.92 Å². The number of nitrogens with one attached hydrogen (secondary N) is 1. The molecule has 1 saturated carbocycles. The highest BCUT2D eigenvalue weighted by molar-refractivity contribution is 7.89. The molecule has 0 amide bonds. The summed E-state index contributed by atoms with van der Waals surface area (Å²) in [6, 6.07) is 8.10. The van der Waals surface area contributed by atoms with E-state index in [1.807, 2.05) is 19.1 Å². The Morgan fingerprint density at radius 1 is 1.19 bits per heavy atom. The summed E-state index contributed by atoms with van der Waals surface area (Å²) in [6.45, 7) is 5.56. The smallest absolute Gasteiger partial charge is 0.243 e. The van der Waals surface area contributed by atoms with Crippen molar-refractivity contribution in [3.05, 3.63) is 29.8 Å². The first kappa shape index (κ1) is 15.0. The van der Waals surface area contributed by atoms with Crippen molar-refractivity contribution in [2.45, 2.75) is 56.6 Å². The Balaban J connectivity index is 1.72. The Morgan fingerprint density at radius 3 is 2.38 bits per heavy atom. The van der Waals surface area contributed by atoms with Crippen LogP contribution in [0.25, 0.3) is 0 Å². The molecule has 0 spiro atoms. The molecule has 1 aliphatic carbocycles. The molecule has 2 atom stereocenters. The molecule has 1 aromatic carbocycles.